The lowest BCUT2D eigenvalue weighted by atomic mass is 9.85. The van der Waals surface area contributed by atoms with Gasteiger partial charge in [-0.3, -0.25) is 4.90 Å². The number of hydrogen-bond acceptors (Lipinski definition) is 3. The van der Waals surface area contributed by atoms with Crippen LogP contribution in [0, 0.1) is 18.7 Å². The van der Waals surface area contributed by atoms with Gasteiger partial charge in [-0.2, -0.15) is 0 Å². The number of piperazine rings is 1. The van der Waals surface area contributed by atoms with E-state index in [-0.39, 0.29) is 11.9 Å². The first kappa shape index (κ1) is 14.9. The van der Waals surface area contributed by atoms with Gasteiger partial charge in [-0.1, -0.05) is 17.7 Å². The third-order valence-electron chi connectivity index (χ3n) is 4.73. The summed E-state index contributed by atoms with van der Waals surface area (Å²) in [6.07, 6.45) is 2.06. The van der Waals surface area contributed by atoms with Crippen molar-refractivity contribution in [3.8, 4) is 0 Å². The SMILES string of the molecule is Cc1ccc(F)c([C@@H](C2CCOCC2)N2CCNCC2)c1. The Balaban J connectivity index is 1.91. The Morgan fingerprint density at radius 1 is 1.24 bits per heavy atom. The molecule has 4 heteroatoms. The van der Waals surface area contributed by atoms with E-state index < -0.39 is 0 Å². The second-order valence-electron chi connectivity index (χ2n) is 6.21. The highest BCUT2D eigenvalue weighted by Gasteiger charge is 2.32. The minimum absolute atomic E-state index is 0.0596. The molecule has 0 spiro atoms. The summed E-state index contributed by atoms with van der Waals surface area (Å²) in [5.41, 5.74) is 2.02. The first-order chi connectivity index (χ1) is 10.3. The van der Waals surface area contributed by atoms with Crippen molar-refractivity contribution in [1.82, 2.24) is 10.2 Å². The van der Waals surface area contributed by atoms with Gasteiger partial charge in [0.1, 0.15) is 5.82 Å². The molecule has 1 N–H and O–H groups in total. The Morgan fingerprint density at radius 2 is 1.95 bits per heavy atom. The van der Waals surface area contributed by atoms with Crippen molar-refractivity contribution in [2.75, 3.05) is 39.4 Å². The molecule has 3 nitrogen and oxygen atoms in total. The summed E-state index contributed by atoms with van der Waals surface area (Å²) in [6, 6.07) is 5.71. The predicted octanol–water partition coefficient (Wildman–Crippen LogP) is 2.51. The van der Waals surface area contributed by atoms with Crippen molar-refractivity contribution < 1.29 is 9.13 Å². The molecule has 2 fully saturated rings. The van der Waals surface area contributed by atoms with Crippen LogP contribution in [-0.2, 0) is 4.74 Å². The maximum Gasteiger partial charge on any atom is 0.128 e. The highest BCUT2D eigenvalue weighted by molar-refractivity contribution is 5.28. The first-order valence-corrected chi connectivity index (χ1v) is 8.04. The second kappa shape index (κ2) is 6.86. The van der Waals surface area contributed by atoms with Crippen LogP contribution in [0.25, 0.3) is 0 Å². The van der Waals surface area contributed by atoms with Crippen LogP contribution in [0.4, 0.5) is 4.39 Å². The minimum Gasteiger partial charge on any atom is -0.381 e. The Kier molecular flexibility index (Phi) is 4.88. The summed E-state index contributed by atoms with van der Waals surface area (Å²) in [5.74, 6) is 0.434. The molecule has 0 radical (unpaired) electrons. The van der Waals surface area contributed by atoms with Crippen molar-refractivity contribution >= 4 is 0 Å². The molecule has 0 bridgehead atoms. The quantitative estimate of drug-likeness (QED) is 0.926. The van der Waals surface area contributed by atoms with Gasteiger partial charge in [-0.15, -0.1) is 0 Å². The van der Waals surface area contributed by atoms with Gasteiger partial charge in [0, 0.05) is 51.0 Å². The molecule has 2 saturated heterocycles. The summed E-state index contributed by atoms with van der Waals surface area (Å²) in [4.78, 5) is 2.46. The molecule has 0 saturated carbocycles. The maximum atomic E-state index is 14.5. The average Bonchev–Trinajstić information content (AvgIpc) is 2.53. The summed E-state index contributed by atoms with van der Waals surface area (Å²) >= 11 is 0. The summed E-state index contributed by atoms with van der Waals surface area (Å²) in [5, 5.41) is 3.39. The van der Waals surface area contributed by atoms with Gasteiger partial charge >= 0.3 is 0 Å². The second-order valence-corrected chi connectivity index (χ2v) is 6.21. The highest BCUT2D eigenvalue weighted by Crippen LogP contribution is 2.36. The number of ether oxygens (including phenoxy) is 1. The van der Waals surface area contributed by atoms with E-state index >= 15 is 0 Å². The van der Waals surface area contributed by atoms with Crippen LogP contribution in [0.2, 0.25) is 0 Å². The molecule has 116 valence electrons. The van der Waals surface area contributed by atoms with Crippen LogP contribution in [-0.4, -0.2) is 44.3 Å². The number of benzene rings is 1. The number of nitrogens with zero attached hydrogens (tertiary/aromatic N) is 1. The van der Waals surface area contributed by atoms with Crippen LogP contribution >= 0.6 is 0 Å². The third-order valence-corrected chi connectivity index (χ3v) is 4.73. The van der Waals surface area contributed by atoms with Gasteiger partial charge in [0.25, 0.3) is 0 Å². The van der Waals surface area contributed by atoms with Gasteiger partial charge in [-0.05, 0) is 31.7 Å². The zero-order valence-electron chi connectivity index (χ0n) is 12.8. The largest absolute Gasteiger partial charge is 0.381 e. The minimum atomic E-state index is -0.0596. The molecule has 0 amide bonds. The third kappa shape index (κ3) is 3.44. The van der Waals surface area contributed by atoms with Crippen LogP contribution in [0.1, 0.15) is 30.0 Å². The molecule has 1 atom stereocenters. The van der Waals surface area contributed by atoms with Gasteiger partial charge in [0.15, 0.2) is 0 Å². The highest BCUT2D eigenvalue weighted by atomic mass is 19.1. The molecule has 2 aliphatic rings. The number of hydrogen-bond donors (Lipinski definition) is 1. The fourth-order valence-corrected chi connectivity index (χ4v) is 3.63. The van der Waals surface area contributed by atoms with Crippen LogP contribution < -0.4 is 5.32 Å². The van der Waals surface area contributed by atoms with Crippen molar-refractivity contribution in [1.29, 1.82) is 0 Å². The first-order valence-electron chi connectivity index (χ1n) is 8.04. The fourth-order valence-electron chi connectivity index (χ4n) is 3.63. The Bertz CT molecular complexity index is 450. The summed E-state index contributed by atoms with van der Waals surface area (Å²) < 4.78 is 20.0. The smallest absolute Gasteiger partial charge is 0.128 e. The Morgan fingerprint density at radius 3 is 2.67 bits per heavy atom. The van der Waals surface area contributed by atoms with Crippen LogP contribution in [0.5, 0.6) is 0 Å². The van der Waals surface area contributed by atoms with Crippen molar-refractivity contribution in [2.24, 2.45) is 5.92 Å². The maximum absolute atomic E-state index is 14.5. The topological polar surface area (TPSA) is 24.5 Å². The zero-order valence-corrected chi connectivity index (χ0v) is 12.8. The summed E-state index contributed by atoms with van der Waals surface area (Å²) in [7, 11) is 0. The standard InChI is InChI=1S/C17H25FN2O/c1-13-2-3-16(18)15(12-13)17(14-4-10-21-11-5-14)20-8-6-19-7-9-20/h2-3,12,14,17,19H,4-11H2,1H3/t17-/m1/s1. The van der Waals surface area contributed by atoms with Gasteiger partial charge in [0.2, 0.25) is 0 Å². The summed E-state index contributed by atoms with van der Waals surface area (Å²) in [6.45, 7) is 7.63. The Labute approximate surface area is 126 Å². The van der Waals surface area contributed by atoms with Gasteiger partial charge in [-0.25, -0.2) is 4.39 Å². The molecule has 21 heavy (non-hydrogen) atoms. The van der Waals surface area contributed by atoms with Crippen LogP contribution in [0.15, 0.2) is 18.2 Å². The molecule has 1 aromatic rings. The molecule has 0 unspecified atom stereocenters. The molecule has 0 aromatic heterocycles. The van der Waals surface area contributed by atoms with Gasteiger partial charge in [0.05, 0.1) is 0 Å². The average molecular weight is 292 g/mol. The molecule has 2 aliphatic heterocycles. The lowest BCUT2D eigenvalue weighted by Crippen LogP contribution is -2.47. The molecule has 3 rings (SSSR count). The molecule has 2 heterocycles. The number of nitrogens with one attached hydrogen (secondary N) is 1. The van der Waals surface area contributed by atoms with Gasteiger partial charge < -0.3 is 10.1 Å². The van der Waals surface area contributed by atoms with Crippen LogP contribution in [0.3, 0.4) is 0 Å². The number of rotatable bonds is 3. The van der Waals surface area contributed by atoms with E-state index in [1.54, 1.807) is 6.07 Å². The van der Waals surface area contributed by atoms with E-state index in [2.05, 4.69) is 10.2 Å². The molecule has 1 aromatic carbocycles. The zero-order chi connectivity index (χ0) is 14.7. The predicted molar refractivity (Wildman–Crippen MR) is 81.9 cm³/mol. The van der Waals surface area contributed by atoms with E-state index in [0.29, 0.717) is 5.92 Å². The van der Waals surface area contributed by atoms with Crippen molar-refractivity contribution in [3.05, 3.63) is 35.1 Å². The van der Waals surface area contributed by atoms with E-state index in [9.17, 15) is 4.39 Å². The monoisotopic (exact) mass is 292 g/mol. The molecular formula is C17H25FN2O. The normalized spacial score (nSPS) is 23.1. The van der Waals surface area contributed by atoms with E-state index in [0.717, 1.165) is 63.4 Å². The number of halogens is 1. The lowest BCUT2D eigenvalue weighted by Gasteiger charge is -2.41. The fraction of sp³-hybridized carbons (Fsp3) is 0.647. The molecular weight excluding hydrogens is 267 g/mol. The Hall–Kier alpha value is -0.970. The van der Waals surface area contributed by atoms with Crippen molar-refractivity contribution in [2.45, 2.75) is 25.8 Å². The number of aryl methyl sites for hydroxylation is 1. The van der Waals surface area contributed by atoms with Crippen molar-refractivity contribution in [3.63, 3.8) is 0 Å². The molecule has 0 aliphatic carbocycles. The van der Waals surface area contributed by atoms with E-state index in [1.807, 2.05) is 19.1 Å². The van der Waals surface area contributed by atoms with E-state index in [4.69, 9.17) is 4.74 Å². The lowest BCUT2D eigenvalue weighted by molar-refractivity contribution is 0.0203. The van der Waals surface area contributed by atoms with E-state index in [1.165, 1.54) is 0 Å².